The standard InChI is InChI=1S/C42H55F2N5O9S/c1-24-12-7-8-13-26-22-42(26,37(52)47-59(55,56)40(5)17-18-40)46-33(50)31-21-27(58-35-30-15-10-9-14-28(30)29-16-11-19-57-34(29)45-35)23-48(31)36(51)32(25(2)20-24)49(38(53)54)39(3,4)41(6,43)44/h8-10,13-15,24-27,31-32H,7,11-12,16-23H2,1-6H3,(H,46,50)(H,47,52)(H,53,54)/b13-8-/t24-,25+,26+,27+,31-,32-,42+/m0/s1. The maximum absolute atomic E-state index is 15.4. The van der Waals surface area contributed by atoms with Crippen LogP contribution in [-0.2, 0) is 30.8 Å². The number of aromatic nitrogens is 1. The first-order chi connectivity index (χ1) is 27.6. The van der Waals surface area contributed by atoms with Crippen LogP contribution in [0.1, 0.15) is 98.5 Å². The fourth-order valence-corrected chi connectivity index (χ4v) is 10.3. The number of rotatable bonds is 8. The molecular formula is C42H55F2N5O9S. The Morgan fingerprint density at radius 1 is 1.12 bits per heavy atom. The van der Waals surface area contributed by atoms with E-state index in [0.29, 0.717) is 61.8 Å². The number of alkyl halides is 2. The van der Waals surface area contributed by atoms with E-state index in [2.05, 4.69) is 10.0 Å². The van der Waals surface area contributed by atoms with E-state index in [-0.39, 0.29) is 31.2 Å². The number of sulfonamides is 1. The normalized spacial score (nSPS) is 30.3. The van der Waals surface area contributed by atoms with Crippen molar-refractivity contribution in [3.8, 4) is 11.8 Å². The van der Waals surface area contributed by atoms with Gasteiger partial charge in [-0.3, -0.25) is 24.0 Å². The summed E-state index contributed by atoms with van der Waals surface area (Å²) in [7, 11) is -4.09. The summed E-state index contributed by atoms with van der Waals surface area (Å²) in [4.78, 5) is 63.4. The molecule has 3 N–H and O–H groups in total. The molecule has 7 atom stereocenters. The molecule has 322 valence electrons. The number of nitrogens with zero attached hydrogens (tertiary/aromatic N) is 3. The SMILES string of the molecule is C[C@H]1CC/C=C\[C@@H]2C[C@@]2(C(=O)NS(=O)(=O)C2(C)CC2)NC(=O)[C@@H]2C[C@@H](Oc3nc4c(c5ccccc35)CCCO4)CN2C(=O)[C@@H](N(C(=O)O)C(C)(C)C(C)(F)F)[C@H](C)C1. The third kappa shape index (κ3) is 7.83. The first kappa shape index (κ1) is 42.6. The Kier molecular flexibility index (Phi) is 11.0. The smallest absolute Gasteiger partial charge is 0.408 e. The minimum absolute atomic E-state index is 0.0940. The molecule has 5 aliphatic rings. The van der Waals surface area contributed by atoms with Gasteiger partial charge in [0.25, 0.3) is 11.8 Å². The zero-order valence-corrected chi connectivity index (χ0v) is 35.2. The minimum atomic E-state index is -4.09. The van der Waals surface area contributed by atoms with Crippen LogP contribution in [-0.4, -0.2) is 105 Å². The van der Waals surface area contributed by atoms with Crippen LogP contribution in [0.2, 0.25) is 0 Å². The highest BCUT2D eigenvalue weighted by Gasteiger charge is 2.63. The monoisotopic (exact) mass is 843 g/mol. The Morgan fingerprint density at radius 2 is 1.81 bits per heavy atom. The van der Waals surface area contributed by atoms with Gasteiger partial charge in [0.05, 0.1) is 17.9 Å². The number of hydrogen-bond donors (Lipinski definition) is 3. The lowest BCUT2D eigenvalue weighted by Crippen LogP contribution is -2.66. The zero-order chi connectivity index (χ0) is 42.9. The van der Waals surface area contributed by atoms with Crippen LogP contribution < -0.4 is 19.5 Å². The molecule has 1 saturated heterocycles. The van der Waals surface area contributed by atoms with Gasteiger partial charge in [0, 0.05) is 30.2 Å². The van der Waals surface area contributed by atoms with E-state index in [1.807, 2.05) is 37.3 Å². The van der Waals surface area contributed by atoms with E-state index in [1.54, 1.807) is 19.9 Å². The number of halogens is 2. The largest absolute Gasteiger partial charge is 0.477 e. The van der Waals surface area contributed by atoms with Crippen molar-refractivity contribution in [2.75, 3.05) is 13.2 Å². The third-order valence-electron chi connectivity index (χ3n) is 13.4. The minimum Gasteiger partial charge on any atom is -0.477 e. The molecule has 59 heavy (non-hydrogen) atoms. The van der Waals surface area contributed by atoms with Crippen molar-refractivity contribution in [2.45, 2.75) is 139 Å². The Morgan fingerprint density at radius 3 is 2.47 bits per heavy atom. The fraction of sp³-hybridized carbons (Fsp3) is 0.643. The molecule has 2 saturated carbocycles. The number of nitrogens with one attached hydrogen (secondary N) is 2. The van der Waals surface area contributed by atoms with Gasteiger partial charge in [-0.2, -0.15) is 4.98 Å². The maximum Gasteiger partial charge on any atom is 0.408 e. The first-order valence-electron chi connectivity index (χ1n) is 20.6. The van der Waals surface area contributed by atoms with Crippen molar-refractivity contribution in [3.63, 3.8) is 0 Å². The molecule has 1 aromatic carbocycles. The molecule has 4 amide bonds. The van der Waals surface area contributed by atoms with Crippen molar-refractivity contribution in [1.29, 1.82) is 0 Å². The highest BCUT2D eigenvalue weighted by atomic mass is 32.2. The van der Waals surface area contributed by atoms with Gasteiger partial charge in [0.2, 0.25) is 33.6 Å². The molecule has 0 bridgehead atoms. The van der Waals surface area contributed by atoms with Crippen molar-refractivity contribution >= 4 is 44.6 Å². The van der Waals surface area contributed by atoms with Gasteiger partial charge in [-0.1, -0.05) is 44.2 Å². The second kappa shape index (κ2) is 15.2. The Balaban J connectivity index is 1.30. The quantitative estimate of drug-likeness (QED) is 0.284. The van der Waals surface area contributed by atoms with E-state index in [4.69, 9.17) is 14.5 Å². The third-order valence-corrected chi connectivity index (χ3v) is 15.6. The van der Waals surface area contributed by atoms with E-state index in [1.165, 1.54) is 4.90 Å². The van der Waals surface area contributed by atoms with E-state index < -0.39 is 85.6 Å². The van der Waals surface area contributed by atoms with Crippen LogP contribution in [0.25, 0.3) is 10.8 Å². The van der Waals surface area contributed by atoms with Gasteiger partial charge < -0.3 is 24.8 Å². The van der Waals surface area contributed by atoms with Crippen molar-refractivity contribution in [3.05, 3.63) is 42.0 Å². The first-order valence-corrected chi connectivity index (χ1v) is 22.1. The highest BCUT2D eigenvalue weighted by molar-refractivity contribution is 7.91. The lowest BCUT2D eigenvalue weighted by atomic mass is 9.84. The maximum atomic E-state index is 15.4. The number of allylic oxidation sites excluding steroid dienone is 1. The number of carbonyl (C=O) groups is 4. The number of aryl methyl sites for hydroxylation is 1. The summed E-state index contributed by atoms with van der Waals surface area (Å²) in [5, 5.41) is 15.0. The van der Waals surface area contributed by atoms with Crippen LogP contribution in [0.5, 0.6) is 11.8 Å². The number of fused-ring (bicyclic) bond motifs is 5. The summed E-state index contributed by atoms with van der Waals surface area (Å²) in [5.41, 5.74) is -3.10. The molecule has 2 aliphatic carbocycles. The molecule has 4 heterocycles. The number of hydrogen-bond acceptors (Lipinski definition) is 9. The Hall–Kier alpha value is -4.54. The summed E-state index contributed by atoms with van der Waals surface area (Å²) in [6, 6.07) is 4.46. The van der Waals surface area contributed by atoms with Gasteiger partial charge in [0.15, 0.2) is 0 Å². The molecule has 0 unspecified atom stereocenters. The number of carboxylic acid groups (broad SMARTS) is 1. The topological polar surface area (TPSA) is 185 Å². The number of carbonyl (C=O) groups excluding carboxylic acids is 3. The molecule has 14 nitrogen and oxygen atoms in total. The average Bonchev–Trinajstić information content (AvgIpc) is 4.04. The highest BCUT2D eigenvalue weighted by Crippen LogP contribution is 2.48. The van der Waals surface area contributed by atoms with Crippen molar-refractivity contribution < 1.29 is 51.0 Å². The molecule has 0 spiro atoms. The summed E-state index contributed by atoms with van der Waals surface area (Å²) in [6.45, 7) is 8.10. The zero-order valence-electron chi connectivity index (χ0n) is 34.4. The van der Waals surface area contributed by atoms with E-state index >= 15 is 13.6 Å². The van der Waals surface area contributed by atoms with E-state index in [0.717, 1.165) is 37.6 Å². The fourth-order valence-electron chi connectivity index (χ4n) is 8.95. The Bertz CT molecular complexity index is 2170. The van der Waals surface area contributed by atoms with Crippen molar-refractivity contribution in [1.82, 2.24) is 24.8 Å². The lowest BCUT2D eigenvalue weighted by Gasteiger charge is -2.47. The summed E-state index contributed by atoms with van der Waals surface area (Å²) in [6.07, 6.45) is 4.69. The molecule has 2 aromatic rings. The number of pyridine rings is 1. The molecule has 0 radical (unpaired) electrons. The van der Waals surface area contributed by atoms with Gasteiger partial charge >= 0.3 is 6.09 Å². The summed E-state index contributed by atoms with van der Waals surface area (Å²) < 4.78 is 70.9. The van der Waals surface area contributed by atoms with Crippen LogP contribution in [0.3, 0.4) is 0 Å². The predicted octanol–water partition coefficient (Wildman–Crippen LogP) is 5.58. The second-order valence-electron chi connectivity index (χ2n) is 18.2. The molecule has 17 heteroatoms. The van der Waals surface area contributed by atoms with Crippen LogP contribution in [0.4, 0.5) is 13.6 Å². The average molecular weight is 844 g/mol. The number of amides is 4. The molecule has 7 rings (SSSR count). The second-order valence-corrected chi connectivity index (χ2v) is 20.4. The van der Waals surface area contributed by atoms with Crippen LogP contribution in [0, 0.1) is 17.8 Å². The predicted molar refractivity (Wildman–Crippen MR) is 213 cm³/mol. The molecular weight excluding hydrogens is 789 g/mol. The van der Waals surface area contributed by atoms with Crippen LogP contribution in [0.15, 0.2) is 36.4 Å². The van der Waals surface area contributed by atoms with E-state index in [9.17, 15) is 27.9 Å². The molecule has 3 fully saturated rings. The Labute approximate surface area is 343 Å². The number of benzene rings is 1. The summed E-state index contributed by atoms with van der Waals surface area (Å²) in [5.74, 6) is -6.98. The van der Waals surface area contributed by atoms with Gasteiger partial charge in [-0.05, 0) is 95.4 Å². The number of ether oxygens (including phenoxy) is 2. The summed E-state index contributed by atoms with van der Waals surface area (Å²) >= 11 is 0. The molecule has 3 aliphatic heterocycles. The van der Waals surface area contributed by atoms with Gasteiger partial charge in [-0.25, -0.2) is 22.0 Å². The lowest BCUT2D eigenvalue weighted by molar-refractivity contribution is -0.156. The van der Waals surface area contributed by atoms with Gasteiger partial charge in [-0.15, -0.1) is 0 Å². The molecule has 1 aromatic heterocycles. The van der Waals surface area contributed by atoms with Gasteiger partial charge in [0.1, 0.15) is 29.3 Å². The van der Waals surface area contributed by atoms with Crippen LogP contribution >= 0.6 is 0 Å². The van der Waals surface area contributed by atoms with Crippen molar-refractivity contribution in [2.24, 2.45) is 17.8 Å².